The predicted octanol–water partition coefficient (Wildman–Crippen LogP) is 4.46. The highest BCUT2D eigenvalue weighted by molar-refractivity contribution is 8.03. The number of anilines is 1. The molecule has 1 heterocycles. The molecule has 2 N–H and O–H groups in total. The minimum atomic E-state index is -0.618. The smallest absolute Gasteiger partial charge is 0.269 e. The van der Waals surface area contributed by atoms with Gasteiger partial charge in [-0.3, -0.25) is 19.7 Å². The van der Waals surface area contributed by atoms with Crippen LogP contribution in [0.25, 0.3) is 10.8 Å². The number of nitriles is 1. The van der Waals surface area contributed by atoms with Crippen molar-refractivity contribution >= 4 is 45.7 Å². The van der Waals surface area contributed by atoms with Gasteiger partial charge in [-0.05, 0) is 17.0 Å². The second kappa shape index (κ2) is 9.54. The first-order chi connectivity index (χ1) is 16.0. The molecule has 0 saturated carbocycles. The molecule has 2 amide bonds. The number of benzene rings is 3. The summed E-state index contributed by atoms with van der Waals surface area (Å²) in [7, 11) is 0. The number of nitrogens with zero attached hydrogens (tertiary/aromatic N) is 2. The van der Waals surface area contributed by atoms with E-state index in [9.17, 15) is 25.0 Å². The Hall–Kier alpha value is -4.16. The quantitative estimate of drug-likeness (QED) is 0.415. The zero-order valence-electron chi connectivity index (χ0n) is 17.3. The molecule has 0 saturated heterocycles. The standard InChI is InChI=1S/C24H18N4O4S/c25-13-20-19(16-7-3-8-17(11-16)28(31)32)12-22(29)27-24(20)33-14-23(30)26-21-10-4-6-15-5-1-2-9-18(15)21/h1-11,19H,12,14H2,(H,26,30)(H,27,29)/t19-/m1/s1. The highest BCUT2D eigenvalue weighted by atomic mass is 32.2. The highest BCUT2D eigenvalue weighted by Crippen LogP contribution is 2.37. The number of hydrogen-bond donors (Lipinski definition) is 2. The average molecular weight is 458 g/mol. The first-order valence-electron chi connectivity index (χ1n) is 10.0. The van der Waals surface area contributed by atoms with Crippen LogP contribution in [0, 0.1) is 21.4 Å². The maximum absolute atomic E-state index is 12.6. The number of carbonyl (C=O) groups excluding carboxylic acids is 2. The van der Waals surface area contributed by atoms with Gasteiger partial charge in [0.15, 0.2) is 0 Å². The second-order valence-electron chi connectivity index (χ2n) is 7.38. The van der Waals surface area contributed by atoms with Crippen LogP contribution in [-0.2, 0) is 9.59 Å². The monoisotopic (exact) mass is 458 g/mol. The summed E-state index contributed by atoms with van der Waals surface area (Å²) in [4.78, 5) is 35.5. The molecule has 164 valence electrons. The van der Waals surface area contributed by atoms with Gasteiger partial charge in [0.05, 0.1) is 27.3 Å². The number of carbonyl (C=O) groups is 2. The van der Waals surface area contributed by atoms with Crippen molar-refractivity contribution in [1.82, 2.24) is 5.32 Å². The van der Waals surface area contributed by atoms with Gasteiger partial charge in [0.1, 0.15) is 0 Å². The zero-order valence-corrected chi connectivity index (χ0v) is 18.1. The molecule has 9 heteroatoms. The Morgan fingerprint density at radius 3 is 2.73 bits per heavy atom. The van der Waals surface area contributed by atoms with Gasteiger partial charge in [0.25, 0.3) is 5.69 Å². The molecule has 0 bridgehead atoms. The molecule has 3 aromatic rings. The Morgan fingerprint density at radius 1 is 1.18 bits per heavy atom. The van der Waals surface area contributed by atoms with Crippen molar-refractivity contribution in [3.8, 4) is 6.07 Å². The molecular formula is C24H18N4O4S. The second-order valence-corrected chi connectivity index (χ2v) is 8.36. The number of nitro benzene ring substituents is 1. The predicted molar refractivity (Wildman–Crippen MR) is 126 cm³/mol. The summed E-state index contributed by atoms with van der Waals surface area (Å²) >= 11 is 1.05. The van der Waals surface area contributed by atoms with E-state index in [1.807, 2.05) is 42.5 Å². The summed E-state index contributed by atoms with van der Waals surface area (Å²) in [5.74, 6) is -1.24. The summed E-state index contributed by atoms with van der Waals surface area (Å²) in [6, 6.07) is 21.3. The fourth-order valence-corrected chi connectivity index (χ4v) is 4.61. The molecule has 0 unspecified atom stereocenters. The topological polar surface area (TPSA) is 125 Å². The normalized spacial score (nSPS) is 15.6. The van der Waals surface area contributed by atoms with E-state index in [4.69, 9.17) is 0 Å². The zero-order chi connectivity index (χ0) is 23.4. The Bertz CT molecular complexity index is 1340. The lowest BCUT2D eigenvalue weighted by Gasteiger charge is -2.25. The van der Waals surface area contributed by atoms with Gasteiger partial charge < -0.3 is 10.6 Å². The highest BCUT2D eigenvalue weighted by Gasteiger charge is 2.30. The number of amides is 2. The third-order valence-electron chi connectivity index (χ3n) is 5.25. The van der Waals surface area contributed by atoms with Gasteiger partial charge in [0.2, 0.25) is 11.8 Å². The molecule has 1 aliphatic heterocycles. The van der Waals surface area contributed by atoms with Gasteiger partial charge in [-0.15, -0.1) is 0 Å². The van der Waals surface area contributed by atoms with Crippen molar-refractivity contribution in [3.05, 3.63) is 93.0 Å². The van der Waals surface area contributed by atoms with Crippen LogP contribution in [0.4, 0.5) is 11.4 Å². The molecule has 0 aliphatic carbocycles. The summed E-state index contributed by atoms with van der Waals surface area (Å²) in [6.07, 6.45) is -0.00365. The van der Waals surface area contributed by atoms with E-state index in [2.05, 4.69) is 16.7 Å². The molecule has 8 nitrogen and oxygen atoms in total. The van der Waals surface area contributed by atoms with E-state index < -0.39 is 10.8 Å². The van der Waals surface area contributed by atoms with Crippen LogP contribution in [0.5, 0.6) is 0 Å². The summed E-state index contributed by atoms with van der Waals surface area (Å²) in [5, 5.41) is 28.6. The van der Waals surface area contributed by atoms with Crippen molar-refractivity contribution in [2.45, 2.75) is 12.3 Å². The Kier molecular flexibility index (Phi) is 6.38. The SMILES string of the molecule is N#CC1=C(SCC(=O)Nc2cccc3ccccc23)NC(=O)C[C@@H]1c1cccc([N+](=O)[O-])c1. The number of allylic oxidation sites excluding steroid dienone is 1. The summed E-state index contributed by atoms with van der Waals surface area (Å²) in [5.41, 5.74) is 1.35. The van der Waals surface area contributed by atoms with E-state index in [1.54, 1.807) is 6.07 Å². The van der Waals surface area contributed by atoms with Gasteiger partial charge in [-0.25, -0.2) is 0 Å². The molecule has 1 aliphatic rings. The van der Waals surface area contributed by atoms with Crippen molar-refractivity contribution in [2.24, 2.45) is 0 Å². The van der Waals surface area contributed by atoms with E-state index in [1.165, 1.54) is 18.2 Å². The van der Waals surface area contributed by atoms with Crippen molar-refractivity contribution in [1.29, 1.82) is 5.26 Å². The number of rotatable bonds is 6. The first-order valence-corrected chi connectivity index (χ1v) is 11.0. The number of fused-ring (bicyclic) bond motifs is 1. The Labute approximate surface area is 193 Å². The third kappa shape index (κ3) is 4.86. The molecule has 33 heavy (non-hydrogen) atoms. The number of hydrogen-bond acceptors (Lipinski definition) is 6. The average Bonchev–Trinajstić information content (AvgIpc) is 2.82. The Balaban J connectivity index is 1.54. The van der Waals surface area contributed by atoms with Crippen LogP contribution in [0.15, 0.2) is 77.3 Å². The van der Waals surface area contributed by atoms with Crippen molar-refractivity contribution in [2.75, 3.05) is 11.1 Å². The minimum absolute atomic E-state index is 0.00365. The first kappa shape index (κ1) is 22.0. The van der Waals surface area contributed by atoms with Crippen LogP contribution in [0.3, 0.4) is 0 Å². The lowest BCUT2D eigenvalue weighted by molar-refractivity contribution is -0.384. The molecular weight excluding hydrogens is 440 g/mol. The van der Waals surface area contributed by atoms with E-state index >= 15 is 0 Å². The van der Waals surface area contributed by atoms with E-state index in [-0.39, 0.29) is 35.2 Å². The van der Waals surface area contributed by atoms with Gasteiger partial charge in [0, 0.05) is 35.5 Å². The lowest BCUT2D eigenvalue weighted by atomic mass is 9.87. The van der Waals surface area contributed by atoms with Crippen molar-refractivity contribution in [3.63, 3.8) is 0 Å². The molecule has 0 fully saturated rings. The maximum Gasteiger partial charge on any atom is 0.269 e. The molecule has 0 aromatic heterocycles. The van der Waals surface area contributed by atoms with Crippen LogP contribution < -0.4 is 10.6 Å². The van der Waals surface area contributed by atoms with Gasteiger partial charge in [-0.1, -0.05) is 60.3 Å². The van der Waals surface area contributed by atoms with Crippen molar-refractivity contribution < 1.29 is 14.5 Å². The fraction of sp³-hybridized carbons (Fsp3) is 0.125. The molecule has 0 spiro atoms. The van der Waals surface area contributed by atoms with E-state index in [0.29, 0.717) is 16.3 Å². The maximum atomic E-state index is 12.6. The van der Waals surface area contributed by atoms with E-state index in [0.717, 1.165) is 22.5 Å². The number of non-ortho nitro benzene ring substituents is 1. The lowest BCUT2D eigenvalue weighted by Crippen LogP contribution is -2.31. The van der Waals surface area contributed by atoms with Gasteiger partial charge in [-0.2, -0.15) is 5.26 Å². The van der Waals surface area contributed by atoms with Crippen LogP contribution >= 0.6 is 11.8 Å². The fourth-order valence-electron chi connectivity index (χ4n) is 3.73. The van der Waals surface area contributed by atoms with Crippen LogP contribution in [0.1, 0.15) is 17.9 Å². The largest absolute Gasteiger partial charge is 0.325 e. The number of nitro groups is 1. The molecule has 4 rings (SSSR count). The Morgan fingerprint density at radius 2 is 1.94 bits per heavy atom. The summed E-state index contributed by atoms with van der Waals surface area (Å²) < 4.78 is 0. The number of thioether (sulfide) groups is 1. The van der Waals surface area contributed by atoms with Crippen LogP contribution in [0.2, 0.25) is 0 Å². The minimum Gasteiger partial charge on any atom is -0.325 e. The molecule has 3 aromatic carbocycles. The molecule has 0 radical (unpaired) electrons. The molecule has 1 atom stereocenters. The third-order valence-corrected chi connectivity index (χ3v) is 6.27. The summed E-state index contributed by atoms with van der Waals surface area (Å²) in [6.45, 7) is 0. The van der Waals surface area contributed by atoms with Gasteiger partial charge >= 0.3 is 0 Å². The number of nitrogens with one attached hydrogen (secondary N) is 2. The van der Waals surface area contributed by atoms with Crippen LogP contribution in [-0.4, -0.2) is 22.5 Å².